The first-order chi connectivity index (χ1) is 7.88. The molecule has 0 aliphatic carbocycles. The summed E-state index contributed by atoms with van der Waals surface area (Å²) in [5.41, 5.74) is -1.55. The van der Waals surface area contributed by atoms with Crippen LogP contribution in [0.2, 0.25) is 0 Å². The molecule has 0 saturated carbocycles. The number of esters is 1. The quantitative estimate of drug-likeness (QED) is 0.750. The highest BCUT2D eigenvalue weighted by molar-refractivity contribution is 5.90. The molecule has 0 saturated heterocycles. The van der Waals surface area contributed by atoms with E-state index in [1.54, 1.807) is 6.07 Å². The average molecular weight is 243 g/mol. The van der Waals surface area contributed by atoms with Gasteiger partial charge in [-0.2, -0.15) is 18.4 Å². The highest BCUT2D eigenvalue weighted by Crippen LogP contribution is 2.30. The van der Waals surface area contributed by atoms with Crippen molar-refractivity contribution in [2.45, 2.75) is 13.1 Å². The maximum absolute atomic E-state index is 12.5. The summed E-state index contributed by atoms with van der Waals surface area (Å²) < 4.78 is 42.0. The molecule has 1 rings (SSSR count). The first-order valence-corrected chi connectivity index (χ1v) is 4.68. The van der Waals surface area contributed by atoms with E-state index in [4.69, 9.17) is 5.26 Å². The molecule has 3 nitrogen and oxygen atoms in total. The Morgan fingerprint density at radius 1 is 1.41 bits per heavy atom. The van der Waals surface area contributed by atoms with Gasteiger partial charge in [0, 0.05) is 0 Å². The molecule has 0 bridgehead atoms. The molecular weight excluding hydrogens is 235 g/mol. The molecule has 1 aromatic carbocycles. The number of alkyl halides is 3. The average Bonchev–Trinajstić information content (AvgIpc) is 2.27. The van der Waals surface area contributed by atoms with Gasteiger partial charge in [0.2, 0.25) is 0 Å². The first kappa shape index (κ1) is 13.0. The maximum Gasteiger partial charge on any atom is 0.416 e. The molecule has 6 heteroatoms. The second kappa shape index (κ2) is 4.87. The molecule has 0 aromatic heterocycles. The first-order valence-electron chi connectivity index (χ1n) is 4.68. The summed E-state index contributed by atoms with van der Waals surface area (Å²) in [6.45, 7) is 1.59. The van der Waals surface area contributed by atoms with Gasteiger partial charge in [0.05, 0.1) is 29.4 Å². The Morgan fingerprint density at radius 3 is 2.53 bits per heavy atom. The summed E-state index contributed by atoms with van der Waals surface area (Å²) in [6.07, 6.45) is -4.60. The third kappa shape index (κ3) is 3.21. The zero-order chi connectivity index (χ0) is 13.1. The van der Waals surface area contributed by atoms with Gasteiger partial charge in [0.1, 0.15) is 0 Å². The molecule has 90 valence electrons. The van der Waals surface area contributed by atoms with Gasteiger partial charge in [-0.05, 0) is 25.1 Å². The van der Waals surface area contributed by atoms with Crippen molar-refractivity contribution >= 4 is 5.97 Å². The van der Waals surface area contributed by atoms with Gasteiger partial charge < -0.3 is 4.74 Å². The van der Waals surface area contributed by atoms with Crippen molar-refractivity contribution in [3.63, 3.8) is 0 Å². The summed E-state index contributed by atoms with van der Waals surface area (Å²) in [5, 5.41) is 8.59. The van der Waals surface area contributed by atoms with Gasteiger partial charge in [-0.1, -0.05) is 0 Å². The normalized spacial score (nSPS) is 10.8. The van der Waals surface area contributed by atoms with Crippen LogP contribution in [-0.2, 0) is 10.9 Å². The monoisotopic (exact) mass is 243 g/mol. The van der Waals surface area contributed by atoms with Crippen LogP contribution >= 0.6 is 0 Å². The molecule has 0 aliphatic rings. The lowest BCUT2D eigenvalue weighted by Crippen LogP contribution is -2.10. The molecule has 0 radical (unpaired) electrons. The summed E-state index contributed by atoms with van der Waals surface area (Å²) in [4.78, 5) is 11.3. The minimum atomic E-state index is -4.60. The third-order valence-electron chi connectivity index (χ3n) is 1.90. The number of halogens is 3. The number of hydrogen-bond donors (Lipinski definition) is 0. The fraction of sp³-hybridized carbons (Fsp3) is 0.273. The number of ether oxygens (including phenoxy) is 1. The van der Waals surface area contributed by atoms with E-state index in [-0.39, 0.29) is 17.7 Å². The molecule has 0 unspecified atom stereocenters. The van der Waals surface area contributed by atoms with E-state index in [0.717, 1.165) is 6.07 Å². The second-order valence-electron chi connectivity index (χ2n) is 3.13. The molecule has 17 heavy (non-hydrogen) atoms. The van der Waals surface area contributed by atoms with E-state index < -0.39 is 17.7 Å². The second-order valence-corrected chi connectivity index (χ2v) is 3.13. The van der Waals surface area contributed by atoms with Crippen LogP contribution in [0.25, 0.3) is 0 Å². The SMILES string of the molecule is CCOC(=O)c1cc(C#N)cc(C(F)(F)F)c1. The molecule has 0 atom stereocenters. The number of hydrogen-bond acceptors (Lipinski definition) is 3. The van der Waals surface area contributed by atoms with Crippen molar-refractivity contribution < 1.29 is 22.7 Å². The van der Waals surface area contributed by atoms with E-state index in [1.165, 1.54) is 6.92 Å². The molecule has 0 heterocycles. The number of carbonyl (C=O) groups is 1. The van der Waals surface area contributed by atoms with Gasteiger partial charge in [-0.15, -0.1) is 0 Å². The fourth-order valence-corrected chi connectivity index (χ4v) is 1.19. The molecular formula is C11H8F3NO2. The summed E-state index contributed by atoms with van der Waals surface area (Å²) in [5.74, 6) is -0.880. The number of carbonyl (C=O) groups excluding carboxylic acids is 1. The van der Waals surface area contributed by atoms with Gasteiger partial charge >= 0.3 is 12.1 Å². The van der Waals surface area contributed by atoms with Crippen molar-refractivity contribution in [3.05, 3.63) is 34.9 Å². The Bertz CT molecular complexity index is 475. The van der Waals surface area contributed by atoms with Crippen LogP contribution < -0.4 is 0 Å². The number of nitriles is 1. The van der Waals surface area contributed by atoms with Gasteiger partial charge in [-0.3, -0.25) is 0 Å². The third-order valence-corrected chi connectivity index (χ3v) is 1.90. The van der Waals surface area contributed by atoms with Crippen molar-refractivity contribution in [1.82, 2.24) is 0 Å². The van der Waals surface area contributed by atoms with Gasteiger partial charge in [0.25, 0.3) is 0 Å². The molecule has 0 spiro atoms. The van der Waals surface area contributed by atoms with E-state index >= 15 is 0 Å². The lowest BCUT2D eigenvalue weighted by atomic mass is 10.1. The van der Waals surface area contributed by atoms with Crippen LogP contribution in [0.3, 0.4) is 0 Å². The zero-order valence-corrected chi connectivity index (χ0v) is 8.84. The van der Waals surface area contributed by atoms with Gasteiger partial charge in [0.15, 0.2) is 0 Å². The van der Waals surface area contributed by atoms with Crippen LogP contribution in [-0.4, -0.2) is 12.6 Å². The summed E-state index contributed by atoms with van der Waals surface area (Å²) >= 11 is 0. The smallest absolute Gasteiger partial charge is 0.416 e. The molecule has 0 aliphatic heterocycles. The van der Waals surface area contributed by atoms with Gasteiger partial charge in [-0.25, -0.2) is 4.79 Å². The minimum absolute atomic E-state index is 0.0525. The van der Waals surface area contributed by atoms with Crippen molar-refractivity contribution in [3.8, 4) is 6.07 Å². The van der Waals surface area contributed by atoms with Crippen LogP contribution in [0.1, 0.15) is 28.4 Å². The Kier molecular flexibility index (Phi) is 3.73. The van der Waals surface area contributed by atoms with Crippen molar-refractivity contribution in [2.75, 3.05) is 6.61 Å². The fourth-order valence-electron chi connectivity index (χ4n) is 1.19. The number of rotatable bonds is 2. The van der Waals surface area contributed by atoms with Crippen molar-refractivity contribution in [2.24, 2.45) is 0 Å². The minimum Gasteiger partial charge on any atom is -0.462 e. The number of nitrogens with zero attached hydrogens (tertiary/aromatic N) is 1. The Balaban J connectivity index is 3.25. The molecule has 0 N–H and O–H groups in total. The maximum atomic E-state index is 12.5. The highest BCUT2D eigenvalue weighted by Gasteiger charge is 2.32. The van der Waals surface area contributed by atoms with Crippen LogP contribution in [0.4, 0.5) is 13.2 Å². The van der Waals surface area contributed by atoms with E-state index in [2.05, 4.69) is 4.74 Å². The predicted molar refractivity (Wildman–Crippen MR) is 52.1 cm³/mol. The standard InChI is InChI=1S/C11H8F3NO2/c1-2-17-10(16)8-3-7(6-15)4-9(5-8)11(12,13)14/h3-5H,2H2,1H3. The van der Waals surface area contributed by atoms with Crippen LogP contribution in [0.5, 0.6) is 0 Å². The van der Waals surface area contributed by atoms with E-state index in [0.29, 0.717) is 12.1 Å². The zero-order valence-electron chi connectivity index (χ0n) is 8.84. The molecule has 1 aromatic rings. The lowest BCUT2D eigenvalue weighted by Gasteiger charge is -2.09. The number of benzene rings is 1. The van der Waals surface area contributed by atoms with Crippen LogP contribution in [0, 0.1) is 11.3 Å². The Labute approximate surface area is 95.4 Å². The Morgan fingerprint density at radius 2 is 2.06 bits per heavy atom. The summed E-state index contributed by atoms with van der Waals surface area (Å²) in [6, 6.07) is 3.98. The van der Waals surface area contributed by atoms with Crippen LogP contribution in [0.15, 0.2) is 18.2 Å². The van der Waals surface area contributed by atoms with Crippen molar-refractivity contribution in [1.29, 1.82) is 5.26 Å². The topological polar surface area (TPSA) is 50.1 Å². The van der Waals surface area contributed by atoms with E-state index in [1.807, 2.05) is 0 Å². The Hall–Kier alpha value is -2.03. The highest BCUT2D eigenvalue weighted by atomic mass is 19.4. The largest absolute Gasteiger partial charge is 0.462 e. The lowest BCUT2D eigenvalue weighted by molar-refractivity contribution is -0.137. The molecule has 0 fully saturated rings. The predicted octanol–water partition coefficient (Wildman–Crippen LogP) is 2.75. The van der Waals surface area contributed by atoms with E-state index in [9.17, 15) is 18.0 Å². The summed E-state index contributed by atoms with van der Waals surface area (Å²) in [7, 11) is 0. The molecule has 0 amide bonds.